The lowest BCUT2D eigenvalue weighted by molar-refractivity contribution is 0.0749. The number of anilines is 1. The molecule has 0 bridgehead atoms. The van der Waals surface area contributed by atoms with Crippen LogP contribution in [0.4, 0.5) is 10.1 Å². The van der Waals surface area contributed by atoms with Crippen molar-refractivity contribution in [1.82, 2.24) is 9.88 Å². The molecule has 4 nitrogen and oxygen atoms in total. The molecule has 1 aromatic heterocycles. The van der Waals surface area contributed by atoms with Crippen molar-refractivity contribution in [3.63, 3.8) is 0 Å². The Hall–Kier alpha value is -2.82. The normalized spacial score (nSPS) is 15.0. The number of aromatic amines is 1. The average Bonchev–Trinajstić information content (AvgIpc) is 3.05. The number of halogens is 1. The Bertz CT molecular complexity index is 867. The second-order valence-corrected chi connectivity index (χ2v) is 6.01. The zero-order valence-corrected chi connectivity index (χ0v) is 13.2. The van der Waals surface area contributed by atoms with Crippen molar-refractivity contribution in [2.45, 2.75) is 0 Å². The summed E-state index contributed by atoms with van der Waals surface area (Å²) in [4.78, 5) is 19.9. The number of carbonyl (C=O) groups is 1. The van der Waals surface area contributed by atoms with Crippen molar-refractivity contribution in [2.24, 2.45) is 0 Å². The number of rotatable bonds is 2. The van der Waals surface area contributed by atoms with Crippen LogP contribution < -0.4 is 4.90 Å². The molecule has 3 aromatic rings. The van der Waals surface area contributed by atoms with E-state index in [0.29, 0.717) is 24.2 Å². The summed E-state index contributed by atoms with van der Waals surface area (Å²) in [5, 5.41) is 0.770. The second-order valence-electron chi connectivity index (χ2n) is 6.01. The first-order chi connectivity index (χ1) is 11.7. The minimum atomic E-state index is -0.306. The topological polar surface area (TPSA) is 39.3 Å². The molecule has 2 aromatic carbocycles. The SMILES string of the molecule is O=C(c1c[nH]c2cc(F)ccc12)N1CCN(c2ccccc2)CC1. The number of aromatic nitrogens is 1. The van der Waals surface area contributed by atoms with E-state index < -0.39 is 0 Å². The first-order valence-electron chi connectivity index (χ1n) is 8.08. The maximum Gasteiger partial charge on any atom is 0.256 e. The molecule has 0 aliphatic carbocycles. The summed E-state index contributed by atoms with van der Waals surface area (Å²) in [6.07, 6.45) is 1.68. The van der Waals surface area contributed by atoms with Crippen LogP contribution in [0.2, 0.25) is 0 Å². The Kier molecular flexibility index (Phi) is 3.69. The van der Waals surface area contributed by atoms with Gasteiger partial charge in [-0.25, -0.2) is 4.39 Å². The van der Waals surface area contributed by atoms with Gasteiger partial charge in [-0.05, 0) is 30.3 Å². The molecule has 0 unspecified atom stereocenters. The van der Waals surface area contributed by atoms with Gasteiger partial charge in [0.05, 0.1) is 5.56 Å². The highest BCUT2D eigenvalue weighted by Gasteiger charge is 2.24. The zero-order valence-electron chi connectivity index (χ0n) is 13.2. The van der Waals surface area contributed by atoms with Gasteiger partial charge in [-0.2, -0.15) is 0 Å². The number of nitrogens with one attached hydrogen (secondary N) is 1. The number of amides is 1. The summed E-state index contributed by atoms with van der Waals surface area (Å²) in [6.45, 7) is 2.99. The third-order valence-electron chi connectivity index (χ3n) is 4.56. The van der Waals surface area contributed by atoms with Crippen molar-refractivity contribution in [1.29, 1.82) is 0 Å². The van der Waals surface area contributed by atoms with Crippen LogP contribution in [0.3, 0.4) is 0 Å². The first-order valence-corrected chi connectivity index (χ1v) is 8.08. The standard InChI is InChI=1S/C19H18FN3O/c20-14-6-7-16-17(13-21-18(16)12-14)19(24)23-10-8-22(9-11-23)15-4-2-1-3-5-15/h1-7,12-13,21H,8-11H2. The molecule has 2 heterocycles. The van der Waals surface area contributed by atoms with E-state index in [0.717, 1.165) is 18.5 Å². The van der Waals surface area contributed by atoms with Gasteiger partial charge in [-0.3, -0.25) is 4.79 Å². The van der Waals surface area contributed by atoms with Crippen LogP contribution in [0.5, 0.6) is 0 Å². The van der Waals surface area contributed by atoms with Crippen LogP contribution in [0.1, 0.15) is 10.4 Å². The van der Waals surface area contributed by atoms with Gasteiger partial charge in [-0.15, -0.1) is 0 Å². The molecule has 122 valence electrons. The van der Waals surface area contributed by atoms with E-state index in [1.165, 1.54) is 17.8 Å². The molecule has 0 radical (unpaired) electrons. The number of para-hydroxylation sites is 1. The third-order valence-corrected chi connectivity index (χ3v) is 4.56. The molecule has 1 N–H and O–H groups in total. The monoisotopic (exact) mass is 323 g/mol. The predicted molar refractivity (Wildman–Crippen MR) is 92.8 cm³/mol. The number of nitrogens with zero attached hydrogens (tertiary/aromatic N) is 2. The molecule has 1 saturated heterocycles. The van der Waals surface area contributed by atoms with Gasteiger partial charge in [0.15, 0.2) is 0 Å². The van der Waals surface area contributed by atoms with Gasteiger partial charge in [0.25, 0.3) is 5.91 Å². The van der Waals surface area contributed by atoms with Crippen LogP contribution in [-0.2, 0) is 0 Å². The van der Waals surface area contributed by atoms with Crippen molar-refractivity contribution >= 4 is 22.5 Å². The average molecular weight is 323 g/mol. The first kappa shape index (κ1) is 14.8. The number of H-pyrrole nitrogens is 1. The Morgan fingerprint density at radius 3 is 2.50 bits per heavy atom. The molecule has 1 aliphatic rings. The highest BCUT2D eigenvalue weighted by molar-refractivity contribution is 6.06. The van der Waals surface area contributed by atoms with E-state index in [2.05, 4.69) is 22.0 Å². The van der Waals surface area contributed by atoms with E-state index in [1.807, 2.05) is 23.1 Å². The zero-order chi connectivity index (χ0) is 16.5. The molecule has 1 amide bonds. The van der Waals surface area contributed by atoms with Crippen molar-refractivity contribution in [3.8, 4) is 0 Å². The summed E-state index contributed by atoms with van der Waals surface area (Å²) in [6, 6.07) is 14.7. The summed E-state index contributed by atoms with van der Waals surface area (Å²) >= 11 is 0. The van der Waals surface area contributed by atoms with E-state index in [9.17, 15) is 9.18 Å². The van der Waals surface area contributed by atoms with Crippen LogP contribution >= 0.6 is 0 Å². The van der Waals surface area contributed by atoms with Crippen molar-refractivity contribution < 1.29 is 9.18 Å². The van der Waals surface area contributed by atoms with E-state index in [4.69, 9.17) is 0 Å². The number of carbonyl (C=O) groups excluding carboxylic acids is 1. The van der Waals surface area contributed by atoms with E-state index in [1.54, 1.807) is 12.3 Å². The Balaban J connectivity index is 1.50. The minimum absolute atomic E-state index is 0.000528. The van der Waals surface area contributed by atoms with Crippen LogP contribution in [0, 0.1) is 5.82 Å². The fraction of sp³-hybridized carbons (Fsp3) is 0.211. The molecule has 0 spiro atoms. The lowest BCUT2D eigenvalue weighted by Gasteiger charge is -2.36. The third kappa shape index (κ3) is 2.62. The van der Waals surface area contributed by atoms with Gasteiger partial charge in [0.2, 0.25) is 0 Å². The molecule has 1 fully saturated rings. The van der Waals surface area contributed by atoms with Crippen molar-refractivity contribution in [3.05, 3.63) is 66.1 Å². The number of benzene rings is 2. The molecule has 1 aliphatic heterocycles. The van der Waals surface area contributed by atoms with Gasteiger partial charge in [-0.1, -0.05) is 18.2 Å². The summed E-state index contributed by atoms with van der Waals surface area (Å²) in [5.74, 6) is -0.305. The predicted octanol–water partition coefficient (Wildman–Crippen LogP) is 3.27. The quantitative estimate of drug-likeness (QED) is 0.786. The highest BCUT2D eigenvalue weighted by Crippen LogP contribution is 2.22. The number of hydrogen-bond donors (Lipinski definition) is 1. The Morgan fingerprint density at radius 2 is 1.75 bits per heavy atom. The number of fused-ring (bicyclic) bond motifs is 1. The molecule has 0 atom stereocenters. The fourth-order valence-corrected chi connectivity index (χ4v) is 3.25. The summed E-state index contributed by atoms with van der Waals surface area (Å²) < 4.78 is 13.3. The maximum atomic E-state index is 13.3. The van der Waals surface area contributed by atoms with Gasteiger partial charge >= 0.3 is 0 Å². The fourth-order valence-electron chi connectivity index (χ4n) is 3.25. The van der Waals surface area contributed by atoms with Gasteiger partial charge < -0.3 is 14.8 Å². The minimum Gasteiger partial charge on any atom is -0.368 e. The molecular formula is C19H18FN3O. The molecule has 24 heavy (non-hydrogen) atoms. The Morgan fingerprint density at radius 1 is 1.00 bits per heavy atom. The smallest absolute Gasteiger partial charge is 0.256 e. The van der Waals surface area contributed by atoms with Gasteiger partial charge in [0.1, 0.15) is 5.82 Å². The highest BCUT2D eigenvalue weighted by atomic mass is 19.1. The second kappa shape index (κ2) is 6.00. The largest absolute Gasteiger partial charge is 0.368 e. The van der Waals surface area contributed by atoms with Crippen molar-refractivity contribution in [2.75, 3.05) is 31.1 Å². The molecular weight excluding hydrogens is 305 g/mol. The molecule has 5 heteroatoms. The Labute approximate surface area is 139 Å². The number of hydrogen-bond acceptors (Lipinski definition) is 2. The van der Waals surface area contributed by atoms with Gasteiger partial charge in [0, 0.05) is 49.0 Å². The van der Waals surface area contributed by atoms with E-state index >= 15 is 0 Å². The summed E-state index contributed by atoms with van der Waals surface area (Å²) in [7, 11) is 0. The van der Waals surface area contributed by atoms with Crippen LogP contribution in [0.25, 0.3) is 10.9 Å². The number of piperazine rings is 1. The maximum absolute atomic E-state index is 13.3. The molecule has 4 rings (SSSR count). The summed E-state index contributed by atoms with van der Waals surface area (Å²) in [5.41, 5.74) is 2.45. The van der Waals surface area contributed by atoms with Crippen LogP contribution in [0.15, 0.2) is 54.7 Å². The molecule has 0 saturated carbocycles. The lowest BCUT2D eigenvalue weighted by Crippen LogP contribution is -2.48. The van der Waals surface area contributed by atoms with Crippen LogP contribution in [-0.4, -0.2) is 42.0 Å². The lowest BCUT2D eigenvalue weighted by atomic mass is 10.1. The van der Waals surface area contributed by atoms with E-state index in [-0.39, 0.29) is 11.7 Å².